The lowest BCUT2D eigenvalue weighted by Gasteiger charge is -2.18. The number of rotatable bonds is 6. The van der Waals surface area contributed by atoms with Crippen molar-refractivity contribution in [1.29, 1.82) is 0 Å². The van der Waals surface area contributed by atoms with Gasteiger partial charge in [0.2, 0.25) is 0 Å². The third-order valence-electron chi connectivity index (χ3n) is 5.50. The van der Waals surface area contributed by atoms with Crippen LogP contribution < -0.4 is 5.32 Å². The first-order valence-electron chi connectivity index (χ1n) is 8.94. The van der Waals surface area contributed by atoms with Crippen LogP contribution >= 0.6 is 0 Å². The van der Waals surface area contributed by atoms with Crippen molar-refractivity contribution >= 4 is 0 Å². The molecule has 4 unspecified atom stereocenters. The molecule has 4 atom stereocenters. The standard InChI is InChI=1S/C17H25N5O3/c1-9-13(10(2)25-20-9)6-18-14-5-12(16(23)17(14)24)7-22-8-15(19-21-22)11-3-4-11/h8,11-12,14,16-18,23-24H,3-7H2,1-2H3. The molecule has 0 radical (unpaired) electrons. The maximum Gasteiger partial charge on any atom is 0.138 e. The van der Waals surface area contributed by atoms with Gasteiger partial charge in [-0.25, -0.2) is 0 Å². The molecule has 2 fully saturated rings. The maximum atomic E-state index is 10.4. The monoisotopic (exact) mass is 347 g/mol. The van der Waals surface area contributed by atoms with Crippen molar-refractivity contribution < 1.29 is 14.7 Å². The van der Waals surface area contributed by atoms with Crippen LogP contribution in [0.25, 0.3) is 0 Å². The second-order valence-electron chi connectivity index (χ2n) is 7.41. The normalized spacial score (nSPS) is 29.4. The number of aryl methyl sites for hydroxylation is 2. The Morgan fingerprint density at radius 3 is 2.76 bits per heavy atom. The number of aliphatic hydroxyl groups excluding tert-OH is 2. The highest BCUT2D eigenvalue weighted by atomic mass is 16.5. The van der Waals surface area contributed by atoms with E-state index in [4.69, 9.17) is 4.52 Å². The quantitative estimate of drug-likeness (QED) is 0.704. The molecule has 0 aliphatic heterocycles. The Morgan fingerprint density at radius 1 is 1.28 bits per heavy atom. The number of hydrogen-bond donors (Lipinski definition) is 3. The van der Waals surface area contributed by atoms with E-state index in [1.807, 2.05) is 20.0 Å². The average molecular weight is 347 g/mol. The summed E-state index contributed by atoms with van der Waals surface area (Å²) in [5, 5.41) is 36.4. The molecule has 25 heavy (non-hydrogen) atoms. The van der Waals surface area contributed by atoms with Crippen LogP contribution in [-0.2, 0) is 13.1 Å². The molecular formula is C17H25N5O3. The molecule has 136 valence electrons. The van der Waals surface area contributed by atoms with Crippen molar-refractivity contribution in [2.45, 2.75) is 70.4 Å². The minimum Gasteiger partial charge on any atom is -0.390 e. The van der Waals surface area contributed by atoms with Crippen molar-refractivity contribution in [3.8, 4) is 0 Å². The van der Waals surface area contributed by atoms with Crippen LogP contribution in [-0.4, -0.2) is 48.6 Å². The zero-order valence-electron chi connectivity index (χ0n) is 14.6. The lowest BCUT2D eigenvalue weighted by Crippen LogP contribution is -2.39. The maximum absolute atomic E-state index is 10.4. The Labute approximate surface area is 146 Å². The summed E-state index contributed by atoms with van der Waals surface area (Å²) in [6.45, 7) is 4.92. The first-order chi connectivity index (χ1) is 12.0. The Balaban J connectivity index is 1.36. The Morgan fingerprint density at radius 2 is 2.08 bits per heavy atom. The van der Waals surface area contributed by atoms with Gasteiger partial charge >= 0.3 is 0 Å². The van der Waals surface area contributed by atoms with Crippen LogP contribution in [0, 0.1) is 19.8 Å². The lowest BCUT2D eigenvalue weighted by atomic mass is 10.1. The molecule has 8 nitrogen and oxygen atoms in total. The minimum absolute atomic E-state index is 0.0501. The highest BCUT2D eigenvalue weighted by molar-refractivity contribution is 5.20. The molecule has 2 aliphatic carbocycles. The predicted octanol–water partition coefficient (Wildman–Crippen LogP) is 0.660. The largest absolute Gasteiger partial charge is 0.390 e. The Hall–Kier alpha value is -1.77. The van der Waals surface area contributed by atoms with Crippen molar-refractivity contribution in [2.24, 2.45) is 5.92 Å². The average Bonchev–Trinajstić information content (AvgIpc) is 3.19. The summed E-state index contributed by atoms with van der Waals surface area (Å²) >= 11 is 0. The van der Waals surface area contributed by atoms with Crippen LogP contribution in [0.5, 0.6) is 0 Å². The number of aliphatic hydroxyl groups is 2. The van der Waals surface area contributed by atoms with Gasteiger partial charge in [0.05, 0.1) is 23.6 Å². The van der Waals surface area contributed by atoms with Gasteiger partial charge in [0, 0.05) is 42.7 Å². The molecule has 2 saturated carbocycles. The first-order valence-corrected chi connectivity index (χ1v) is 8.94. The highest BCUT2D eigenvalue weighted by Crippen LogP contribution is 2.38. The molecular weight excluding hydrogens is 322 g/mol. The molecule has 3 N–H and O–H groups in total. The summed E-state index contributed by atoms with van der Waals surface area (Å²) in [4.78, 5) is 0. The van der Waals surface area contributed by atoms with Gasteiger partial charge in [-0.3, -0.25) is 4.68 Å². The van der Waals surface area contributed by atoms with Crippen LogP contribution in [0.15, 0.2) is 10.7 Å². The molecule has 8 heteroatoms. The van der Waals surface area contributed by atoms with E-state index in [-0.39, 0.29) is 12.0 Å². The van der Waals surface area contributed by atoms with E-state index in [2.05, 4.69) is 20.8 Å². The van der Waals surface area contributed by atoms with Gasteiger partial charge in [-0.2, -0.15) is 0 Å². The number of hydrogen-bond acceptors (Lipinski definition) is 7. The van der Waals surface area contributed by atoms with E-state index in [9.17, 15) is 10.2 Å². The number of aromatic nitrogens is 4. The molecule has 0 amide bonds. The molecule has 2 aliphatic rings. The molecule has 4 rings (SSSR count). The van der Waals surface area contributed by atoms with Crippen LogP contribution in [0.2, 0.25) is 0 Å². The van der Waals surface area contributed by atoms with Gasteiger partial charge in [-0.15, -0.1) is 5.10 Å². The Bertz CT molecular complexity index is 719. The van der Waals surface area contributed by atoms with E-state index in [0.29, 0.717) is 25.4 Å². The predicted molar refractivity (Wildman–Crippen MR) is 88.7 cm³/mol. The van der Waals surface area contributed by atoms with Gasteiger partial charge in [0.25, 0.3) is 0 Å². The molecule has 2 aromatic heterocycles. The van der Waals surface area contributed by atoms with Crippen molar-refractivity contribution in [3.63, 3.8) is 0 Å². The zero-order chi connectivity index (χ0) is 17.6. The summed E-state index contributed by atoms with van der Waals surface area (Å²) in [5.74, 6) is 1.30. The smallest absolute Gasteiger partial charge is 0.138 e. The summed E-state index contributed by atoms with van der Waals surface area (Å²) < 4.78 is 6.96. The molecule has 2 aromatic rings. The van der Waals surface area contributed by atoms with Gasteiger partial charge in [0.1, 0.15) is 5.76 Å². The molecule has 0 saturated heterocycles. The van der Waals surface area contributed by atoms with Gasteiger partial charge < -0.3 is 20.1 Å². The van der Waals surface area contributed by atoms with E-state index in [1.54, 1.807) is 4.68 Å². The fourth-order valence-corrected chi connectivity index (χ4v) is 3.70. The summed E-state index contributed by atoms with van der Waals surface area (Å²) in [6, 6.07) is -0.167. The number of nitrogens with one attached hydrogen (secondary N) is 1. The lowest BCUT2D eigenvalue weighted by molar-refractivity contribution is 0.00720. The van der Waals surface area contributed by atoms with E-state index in [0.717, 1.165) is 22.7 Å². The first kappa shape index (κ1) is 16.7. The summed E-state index contributed by atoms with van der Waals surface area (Å²) in [6.07, 6.45) is 3.48. The third-order valence-corrected chi connectivity index (χ3v) is 5.50. The van der Waals surface area contributed by atoms with Crippen molar-refractivity contribution in [2.75, 3.05) is 0 Å². The number of nitrogens with zero attached hydrogens (tertiary/aromatic N) is 4. The van der Waals surface area contributed by atoms with E-state index < -0.39 is 12.2 Å². The fraction of sp³-hybridized carbons (Fsp3) is 0.706. The second kappa shape index (κ2) is 6.51. The Kier molecular flexibility index (Phi) is 4.35. The van der Waals surface area contributed by atoms with Gasteiger partial charge in [-0.1, -0.05) is 10.4 Å². The van der Waals surface area contributed by atoms with Gasteiger partial charge in [-0.05, 0) is 33.1 Å². The molecule has 0 aromatic carbocycles. The molecule has 2 heterocycles. The third kappa shape index (κ3) is 3.33. The fourth-order valence-electron chi connectivity index (χ4n) is 3.70. The highest BCUT2D eigenvalue weighted by Gasteiger charge is 2.41. The summed E-state index contributed by atoms with van der Waals surface area (Å²) in [7, 11) is 0. The van der Waals surface area contributed by atoms with Crippen molar-refractivity contribution in [3.05, 3.63) is 28.9 Å². The second-order valence-corrected chi connectivity index (χ2v) is 7.41. The van der Waals surface area contributed by atoms with Crippen LogP contribution in [0.4, 0.5) is 0 Å². The van der Waals surface area contributed by atoms with E-state index in [1.165, 1.54) is 12.8 Å². The van der Waals surface area contributed by atoms with Crippen LogP contribution in [0.3, 0.4) is 0 Å². The minimum atomic E-state index is -0.795. The SMILES string of the molecule is Cc1noc(C)c1CNC1CC(Cn2cc(C3CC3)nn2)C(O)C1O. The van der Waals surface area contributed by atoms with Crippen molar-refractivity contribution in [1.82, 2.24) is 25.5 Å². The van der Waals surface area contributed by atoms with Crippen LogP contribution in [0.1, 0.15) is 47.9 Å². The molecule has 0 spiro atoms. The summed E-state index contributed by atoms with van der Waals surface area (Å²) in [5.41, 5.74) is 2.90. The zero-order valence-corrected chi connectivity index (χ0v) is 14.6. The molecule has 0 bridgehead atoms. The topological polar surface area (TPSA) is 109 Å². The van der Waals surface area contributed by atoms with Gasteiger partial charge in [0.15, 0.2) is 0 Å². The van der Waals surface area contributed by atoms with E-state index >= 15 is 0 Å².